The highest BCUT2D eigenvalue weighted by Gasteiger charge is 2.28. The van der Waals surface area contributed by atoms with Crippen molar-refractivity contribution in [1.82, 2.24) is 25.5 Å². The molecule has 1 aromatic carbocycles. The number of nitrogens with one attached hydrogen (secondary N) is 3. The smallest absolute Gasteiger partial charge is 0.223 e. The maximum absolute atomic E-state index is 11.6. The molecule has 0 unspecified atom stereocenters. The second-order valence-corrected chi connectivity index (χ2v) is 6.74. The summed E-state index contributed by atoms with van der Waals surface area (Å²) in [6.45, 7) is 5.54. The van der Waals surface area contributed by atoms with Gasteiger partial charge in [0.15, 0.2) is 5.96 Å². The topological polar surface area (TPSA) is 83.3 Å². The molecule has 144 valence electrons. The summed E-state index contributed by atoms with van der Waals surface area (Å²) >= 11 is 0. The van der Waals surface area contributed by atoms with Crippen LogP contribution in [-0.4, -0.2) is 41.1 Å². The fourth-order valence-corrected chi connectivity index (χ4v) is 2.71. The van der Waals surface area contributed by atoms with Crippen LogP contribution in [0, 0.1) is 5.92 Å². The summed E-state index contributed by atoms with van der Waals surface area (Å²) in [4.78, 5) is 20.3. The minimum absolute atomic E-state index is 0.175. The number of aromatic nitrogens is 2. The molecule has 0 bridgehead atoms. The van der Waals surface area contributed by atoms with E-state index in [-0.39, 0.29) is 11.8 Å². The second kappa shape index (κ2) is 9.75. The van der Waals surface area contributed by atoms with E-state index in [0.717, 1.165) is 37.5 Å². The summed E-state index contributed by atoms with van der Waals surface area (Å²) in [7, 11) is 0. The zero-order valence-electron chi connectivity index (χ0n) is 15.8. The van der Waals surface area contributed by atoms with Gasteiger partial charge < -0.3 is 20.5 Å². The van der Waals surface area contributed by atoms with Gasteiger partial charge in [0.2, 0.25) is 5.91 Å². The zero-order valence-corrected chi connectivity index (χ0v) is 15.8. The number of guanidine groups is 1. The molecular weight excluding hydrogens is 340 g/mol. The maximum Gasteiger partial charge on any atom is 0.223 e. The fourth-order valence-electron chi connectivity index (χ4n) is 2.71. The molecule has 0 atom stereocenters. The molecule has 1 aliphatic carbocycles. The van der Waals surface area contributed by atoms with Gasteiger partial charge in [-0.2, -0.15) is 0 Å². The van der Waals surface area contributed by atoms with Crippen molar-refractivity contribution in [3.8, 4) is 0 Å². The molecule has 0 radical (unpaired) electrons. The van der Waals surface area contributed by atoms with Crippen LogP contribution in [0.25, 0.3) is 0 Å². The lowest BCUT2D eigenvalue weighted by Crippen LogP contribution is -2.41. The van der Waals surface area contributed by atoms with Gasteiger partial charge in [0, 0.05) is 44.5 Å². The van der Waals surface area contributed by atoms with Crippen LogP contribution in [0.15, 0.2) is 48.0 Å². The number of amides is 1. The zero-order chi connectivity index (χ0) is 18.9. The lowest BCUT2D eigenvalue weighted by atomic mass is 10.1. The quantitative estimate of drug-likeness (QED) is 0.356. The molecule has 27 heavy (non-hydrogen) atoms. The summed E-state index contributed by atoms with van der Waals surface area (Å²) < 4.78 is 2.04. The van der Waals surface area contributed by atoms with E-state index in [1.807, 2.05) is 24.0 Å². The van der Waals surface area contributed by atoms with Gasteiger partial charge in [0.25, 0.3) is 0 Å². The third kappa shape index (κ3) is 6.44. The predicted octanol–water partition coefficient (Wildman–Crippen LogP) is 1.51. The van der Waals surface area contributed by atoms with E-state index in [9.17, 15) is 4.79 Å². The average Bonchev–Trinajstić information content (AvgIpc) is 3.42. The Hall–Kier alpha value is -2.83. The Labute approximate surface area is 160 Å². The molecule has 3 rings (SSSR count). The van der Waals surface area contributed by atoms with Crippen molar-refractivity contribution >= 4 is 11.9 Å². The Morgan fingerprint density at radius 1 is 1.15 bits per heavy atom. The van der Waals surface area contributed by atoms with E-state index in [1.54, 1.807) is 6.20 Å². The van der Waals surface area contributed by atoms with Gasteiger partial charge in [-0.15, -0.1) is 0 Å². The molecule has 0 spiro atoms. The molecule has 3 N–H and O–H groups in total. The van der Waals surface area contributed by atoms with E-state index >= 15 is 0 Å². The van der Waals surface area contributed by atoms with E-state index in [2.05, 4.69) is 50.2 Å². The highest BCUT2D eigenvalue weighted by Crippen LogP contribution is 2.28. The lowest BCUT2D eigenvalue weighted by molar-refractivity contribution is -0.122. The van der Waals surface area contributed by atoms with Crippen LogP contribution in [0.4, 0.5) is 0 Å². The molecule has 1 aromatic heterocycles. The van der Waals surface area contributed by atoms with Crippen LogP contribution in [0.5, 0.6) is 0 Å². The third-order valence-electron chi connectivity index (χ3n) is 4.38. The summed E-state index contributed by atoms with van der Waals surface area (Å²) in [6.07, 6.45) is 7.63. The third-order valence-corrected chi connectivity index (χ3v) is 4.38. The summed E-state index contributed by atoms with van der Waals surface area (Å²) in [6, 6.07) is 8.46. The van der Waals surface area contributed by atoms with Gasteiger partial charge in [-0.3, -0.25) is 4.79 Å². The molecule has 0 aliphatic heterocycles. The number of benzene rings is 1. The standard InChI is InChI=1S/C20H28N6O/c1-2-22-20(24-10-9-23-19(27)18-7-8-18)25-13-16-3-5-17(6-4-16)14-26-12-11-21-15-26/h3-6,11-12,15,18H,2,7-10,13-14H2,1H3,(H,23,27)(H2,22,24,25). The minimum Gasteiger partial charge on any atom is -0.357 e. The SMILES string of the molecule is CCNC(=NCc1ccc(Cn2ccnc2)cc1)NCCNC(=O)C1CC1. The second-order valence-electron chi connectivity index (χ2n) is 6.74. The Morgan fingerprint density at radius 3 is 2.56 bits per heavy atom. The van der Waals surface area contributed by atoms with Crippen LogP contribution in [0.1, 0.15) is 30.9 Å². The van der Waals surface area contributed by atoms with Crippen molar-refractivity contribution in [3.63, 3.8) is 0 Å². The molecule has 1 aliphatic rings. The van der Waals surface area contributed by atoms with Crippen molar-refractivity contribution in [1.29, 1.82) is 0 Å². The number of carbonyl (C=O) groups excluding carboxylic acids is 1. The molecule has 2 aromatic rings. The Kier molecular flexibility index (Phi) is 6.84. The van der Waals surface area contributed by atoms with Gasteiger partial charge in [-0.25, -0.2) is 9.98 Å². The molecule has 1 fully saturated rings. The first-order chi connectivity index (χ1) is 13.2. The first-order valence-electron chi connectivity index (χ1n) is 9.58. The summed E-state index contributed by atoms with van der Waals surface area (Å²) in [5, 5.41) is 9.44. The first kappa shape index (κ1) is 18.9. The van der Waals surface area contributed by atoms with E-state index < -0.39 is 0 Å². The molecule has 1 saturated carbocycles. The average molecular weight is 368 g/mol. The van der Waals surface area contributed by atoms with Crippen molar-refractivity contribution in [2.45, 2.75) is 32.9 Å². The Morgan fingerprint density at radius 2 is 1.89 bits per heavy atom. The molecule has 1 amide bonds. The molecule has 1 heterocycles. The molecule has 7 heteroatoms. The van der Waals surface area contributed by atoms with Crippen molar-refractivity contribution in [2.24, 2.45) is 10.9 Å². The summed E-state index contributed by atoms with van der Waals surface area (Å²) in [5.74, 6) is 1.19. The van der Waals surface area contributed by atoms with Crippen molar-refractivity contribution in [3.05, 3.63) is 54.1 Å². The fraction of sp³-hybridized carbons (Fsp3) is 0.450. The highest BCUT2D eigenvalue weighted by molar-refractivity contribution is 5.81. The normalized spacial score (nSPS) is 14.0. The molecule has 0 saturated heterocycles. The number of carbonyl (C=O) groups is 1. The molecular formula is C20H28N6O. The number of imidazole rings is 1. The van der Waals surface area contributed by atoms with Crippen LogP contribution >= 0.6 is 0 Å². The van der Waals surface area contributed by atoms with Crippen LogP contribution in [0.3, 0.4) is 0 Å². The summed E-state index contributed by atoms with van der Waals surface area (Å²) in [5.41, 5.74) is 2.39. The van der Waals surface area contributed by atoms with Crippen LogP contribution in [0.2, 0.25) is 0 Å². The van der Waals surface area contributed by atoms with Gasteiger partial charge in [0.1, 0.15) is 0 Å². The lowest BCUT2D eigenvalue weighted by Gasteiger charge is -2.12. The Bertz CT molecular complexity index is 734. The molecule has 7 nitrogen and oxygen atoms in total. The number of rotatable bonds is 9. The van der Waals surface area contributed by atoms with Gasteiger partial charge in [0.05, 0.1) is 12.9 Å². The number of hydrogen-bond acceptors (Lipinski definition) is 3. The Balaban J connectivity index is 1.44. The van der Waals surface area contributed by atoms with E-state index in [4.69, 9.17) is 0 Å². The van der Waals surface area contributed by atoms with Crippen LogP contribution < -0.4 is 16.0 Å². The predicted molar refractivity (Wildman–Crippen MR) is 106 cm³/mol. The maximum atomic E-state index is 11.6. The largest absolute Gasteiger partial charge is 0.357 e. The van der Waals surface area contributed by atoms with E-state index in [1.165, 1.54) is 5.56 Å². The number of hydrogen-bond donors (Lipinski definition) is 3. The van der Waals surface area contributed by atoms with Crippen molar-refractivity contribution < 1.29 is 4.79 Å². The number of aliphatic imine (C=N–C) groups is 1. The number of nitrogens with zero attached hydrogens (tertiary/aromatic N) is 3. The van der Waals surface area contributed by atoms with Gasteiger partial charge in [-0.1, -0.05) is 24.3 Å². The van der Waals surface area contributed by atoms with Crippen molar-refractivity contribution in [2.75, 3.05) is 19.6 Å². The highest BCUT2D eigenvalue weighted by atomic mass is 16.2. The van der Waals surface area contributed by atoms with Gasteiger partial charge >= 0.3 is 0 Å². The van der Waals surface area contributed by atoms with Crippen LogP contribution in [-0.2, 0) is 17.9 Å². The minimum atomic E-state index is 0.175. The van der Waals surface area contributed by atoms with Gasteiger partial charge in [-0.05, 0) is 30.9 Å². The van der Waals surface area contributed by atoms with E-state index in [0.29, 0.717) is 19.6 Å². The monoisotopic (exact) mass is 368 g/mol. The first-order valence-corrected chi connectivity index (χ1v) is 9.58.